The largest absolute Gasteiger partial charge is 0.439 e. The monoisotopic (exact) mass is 291 g/mol. The van der Waals surface area contributed by atoms with Gasteiger partial charge < -0.3 is 10.5 Å². The molecule has 0 aliphatic heterocycles. The lowest BCUT2D eigenvalue weighted by atomic mass is 10.0. The molecule has 106 valence electrons. The number of hydrogen-bond donors (Lipinski definition) is 1. The summed E-state index contributed by atoms with van der Waals surface area (Å²) >= 11 is 6.25. The van der Waals surface area contributed by atoms with Gasteiger partial charge in [0.2, 0.25) is 11.8 Å². The van der Waals surface area contributed by atoms with Gasteiger partial charge in [-0.15, -0.1) is 0 Å². The lowest BCUT2D eigenvalue weighted by Crippen LogP contribution is -2.00. The Morgan fingerprint density at radius 3 is 2.45 bits per heavy atom. The summed E-state index contributed by atoms with van der Waals surface area (Å²) in [5.41, 5.74) is 8.40. The highest BCUT2D eigenvalue weighted by Gasteiger charge is 2.11. The number of halogens is 1. The number of anilines is 1. The number of nitrogen functional groups attached to an aromatic ring is 1. The molecule has 1 heterocycles. The number of aryl methyl sites for hydroxylation is 2. The van der Waals surface area contributed by atoms with Gasteiger partial charge in [0.15, 0.2) is 0 Å². The molecule has 0 saturated heterocycles. The Labute approximate surface area is 124 Å². The molecule has 4 nitrogen and oxygen atoms in total. The van der Waals surface area contributed by atoms with Crippen LogP contribution in [0.15, 0.2) is 18.2 Å². The molecule has 2 rings (SSSR count). The molecule has 0 spiro atoms. The van der Waals surface area contributed by atoms with E-state index in [2.05, 4.69) is 23.8 Å². The summed E-state index contributed by atoms with van der Waals surface area (Å²) < 4.78 is 5.83. The maximum Gasteiger partial charge on any atom is 0.224 e. The van der Waals surface area contributed by atoms with Crippen LogP contribution < -0.4 is 10.5 Å². The first-order chi connectivity index (χ1) is 9.36. The Balaban J connectivity index is 2.40. The summed E-state index contributed by atoms with van der Waals surface area (Å²) in [6.07, 6.45) is 0. The van der Waals surface area contributed by atoms with Crippen LogP contribution in [0.2, 0.25) is 5.02 Å². The Bertz CT molecular complexity index is 621. The van der Waals surface area contributed by atoms with Gasteiger partial charge in [0, 0.05) is 16.8 Å². The SMILES string of the molecule is Cc1cc(Oc2cc(C(C)C)c(Cl)cc2C)nc(N)n1. The number of aromatic nitrogens is 2. The average Bonchev–Trinajstić information content (AvgIpc) is 2.30. The molecule has 0 amide bonds. The van der Waals surface area contributed by atoms with E-state index in [1.54, 1.807) is 6.07 Å². The van der Waals surface area contributed by atoms with Crippen molar-refractivity contribution in [1.29, 1.82) is 0 Å². The van der Waals surface area contributed by atoms with Gasteiger partial charge in [-0.3, -0.25) is 0 Å². The third-order valence-corrected chi connectivity index (χ3v) is 3.31. The zero-order chi connectivity index (χ0) is 14.9. The molecule has 1 aromatic carbocycles. The lowest BCUT2D eigenvalue weighted by Gasteiger charge is -2.14. The maximum absolute atomic E-state index is 6.25. The molecule has 0 fully saturated rings. The highest BCUT2D eigenvalue weighted by atomic mass is 35.5. The Morgan fingerprint density at radius 2 is 1.85 bits per heavy atom. The molecule has 0 saturated carbocycles. The van der Waals surface area contributed by atoms with Crippen molar-refractivity contribution >= 4 is 17.5 Å². The van der Waals surface area contributed by atoms with Crippen molar-refractivity contribution in [3.8, 4) is 11.6 Å². The first-order valence-corrected chi connectivity index (χ1v) is 6.83. The topological polar surface area (TPSA) is 61.0 Å². The van der Waals surface area contributed by atoms with Gasteiger partial charge in [-0.1, -0.05) is 25.4 Å². The predicted molar refractivity (Wildman–Crippen MR) is 81.5 cm³/mol. The van der Waals surface area contributed by atoms with Gasteiger partial charge in [0.25, 0.3) is 0 Å². The van der Waals surface area contributed by atoms with E-state index in [0.29, 0.717) is 11.8 Å². The van der Waals surface area contributed by atoms with Gasteiger partial charge >= 0.3 is 0 Å². The fraction of sp³-hybridized carbons (Fsp3) is 0.333. The van der Waals surface area contributed by atoms with Gasteiger partial charge in [-0.25, -0.2) is 4.98 Å². The first kappa shape index (κ1) is 14.6. The third-order valence-electron chi connectivity index (χ3n) is 2.98. The normalized spacial score (nSPS) is 10.9. The molecule has 2 N–H and O–H groups in total. The van der Waals surface area contributed by atoms with Crippen molar-refractivity contribution < 1.29 is 4.74 Å². The van der Waals surface area contributed by atoms with Crippen LogP contribution >= 0.6 is 11.6 Å². The second kappa shape index (κ2) is 5.67. The Hall–Kier alpha value is -1.81. The van der Waals surface area contributed by atoms with Gasteiger partial charge in [-0.05, 0) is 43.0 Å². The molecule has 0 bridgehead atoms. The van der Waals surface area contributed by atoms with E-state index in [-0.39, 0.29) is 5.95 Å². The minimum Gasteiger partial charge on any atom is -0.439 e. The molecule has 0 unspecified atom stereocenters. The highest BCUT2D eigenvalue weighted by molar-refractivity contribution is 6.31. The standard InChI is InChI=1S/C15H18ClN3O/c1-8(2)11-7-13(9(3)5-12(11)16)20-14-6-10(4)18-15(17)19-14/h5-8H,1-4H3,(H2,17,18,19). The van der Waals surface area contributed by atoms with Gasteiger partial charge in [0.1, 0.15) is 5.75 Å². The van der Waals surface area contributed by atoms with Crippen LogP contribution in [-0.4, -0.2) is 9.97 Å². The summed E-state index contributed by atoms with van der Waals surface area (Å²) in [5.74, 6) is 1.70. The van der Waals surface area contributed by atoms with E-state index in [1.807, 2.05) is 26.0 Å². The molecule has 0 radical (unpaired) electrons. The minimum absolute atomic E-state index is 0.204. The summed E-state index contributed by atoms with van der Waals surface area (Å²) in [4.78, 5) is 8.10. The summed E-state index contributed by atoms with van der Waals surface area (Å²) in [6, 6.07) is 5.61. The van der Waals surface area contributed by atoms with Gasteiger partial charge in [-0.2, -0.15) is 4.98 Å². The van der Waals surface area contributed by atoms with Crippen LogP contribution in [0, 0.1) is 13.8 Å². The summed E-state index contributed by atoms with van der Waals surface area (Å²) in [7, 11) is 0. The van der Waals surface area contributed by atoms with E-state index in [0.717, 1.165) is 27.6 Å². The molecular weight excluding hydrogens is 274 g/mol. The molecule has 0 aliphatic carbocycles. The smallest absolute Gasteiger partial charge is 0.224 e. The van der Waals surface area contributed by atoms with E-state index >= 15 is 0 Å². The molecule has 2 aromatic rings. The Kier molecular flexibility index (Phi) is 4.14. The molecule has 1 aromatic heterocycles. The number of rotatable bonds is 3. The fourth-order valence-electron chi connectivity index (χ4n) is 1.95. The van der Waals surface area contributed by atoms with Crippen molar-refractivity contribution in [3.05, 3.63) is 40.0 Å². The van der Waals surface area contributed by atoms with Crippen molar-refractivity contribution in [1.82, 2.24) is 9.97 Å². The lowest BCUT2D eigenvalue weighted by molar-refractivity contribution is 0.457. The van der Waals surface area contributed by atoms with Crippen LogP contribution in [0.1, 0.15) is 36.6 Å². The van der Waals surface area contributed by atoms with E-state index in [4.69, 9.17) is 22.1 Å². The number of benzene rings is 1. The molecule has 0 aliphatic rings. The van der Waals surface area contributed by atoms with Crippen LogP contribution in [0.3, 0.4) is 0 Å². The first-order valence-electron chi connectivity index (χ1n) is 6.46. The Morgan fingerprint density at radius 1 is 1.15 bits per heavy atom. The minimum atomic E-state index is 0.204. The fourth-order valence-corrected chi connectivity index (χ4v) is 2.38. The number of nitrogens with zero attached hydrogens (tertiary/aromatic N) is 2. The molecule has 20 heavy (non-hydrogen) atoms. The highest BCUT2D eigenvalue weighted by Crippen LogP contribution is 2.33. The summed E-state index contributed by atoms with van der Waals surface area (Å²) in [6.45, 7) is 7.97. The zero-order valence-electron chi connectivity index (χ0n) is 12.1. The molecular formula is C15H18ClN3O. The number of ether oxygens (including phenoxy) is 1. The zero-order valence-corrected chi connectivity index (χ0v) is 12.8. The predicted octanol–water partition coefficient (Wildman–Crippen LogP) is 4.24. The quantitative estimate of drug-likeness (QED) is 0.918. The second-order valence-electron chi connectivity index (χ2n) is 5.10. The average molecular weight is 292 g/mol. The van der Waals surface area contributed by atoms with Crippen LogP contribution in [0.4, 0.5) is 5.95 Å². The van der Waals surface area contributed by atoms with Crippen LogP contribution in [0.5, 0.6) is 11.6 Å². The summed E-state index contributed by atoms with van der Waals surface area (Å²) in [5, 5.41) is 0.753. The maximum atomic E-state index is 6.25. The third kappa shape index (κ3) is 3.20. The van der Waals surface area contributed by atoms with Crippen LogP contribution in [0.25, 0.3) is 0 Å². The van der Waals surface area contributed by atoms with Crippen molar-refractivity contribution in [2.45, 2.75) is 33.6 Å². The van der Waals surface area contributed by atoms with Crippen LogP contribution in [-0.2, 0) is 0 Å². The van der Waals surface area contributed by atoms with Crippen molar-refractivity contribution in [3.63, 3.8) is 0 Å². The van der Waals surface area contributed by atoms with Crippen molar-refractivity contribution in [2.24, 2.45) is 0 Å². The number of nitrogens with two attached hydrogens (primary N) is 1. The van der Waals surface area contributed by atoms with E-state index in [1.165, 1.54) is 0 Å². The van der Waals surface area contributed by atoms with Gasteiger partial charge in [0.05, 0.1) is 0 Å². The van der Waals surface area contributed by atoms with Crippen molar-refractivity contribution in [2.75, 3.05) is 5.73 Å². The van der Waals surface area contributed by atoms with E-state index in [9.17, 15) is 0 Å². The molecule has 0 atom stereocenters. The molecule has 5 heteroatoms. The van der Waals surface area contributed by atoms with E-state index < -0.39 is 0 Å². The number of hydrogen-bond acceptors (Lipinski definition) is 4. The second-order valence-corrected chi connectivity index (χ2v) is 5.51.